The number of amides is 3. The van der Waals surface area contributed by atoms with Gasteiger partial charge in [0.15, 0.2) is 15.5 Å². The summed E-state index contributed by atoms with van der Waals surface area (Å²) < 4.78 is 27.1. The lowest BCUT2D eigenvalue weighted by Gasteiger charge is -2.22. The Hall–Kier alpha value is -4.29. The first-order valence-corrected chi connectivity index (χ1v) is 14.4. The van der Waals surface area contributed by atoms with Gasteiger partial charge >= 0.3 is 0 Å². The maximum Gasteiger partial charge on any atom is 0.269 e. The lowest BCUT2D eigenvalue weighted by molar-refractivity contribution is -0.135. The van der Waals surface area contributed by atoms with E-state index >= 15 is 0 Å². The van der Waals surface area contributed by atoms with Crippen LogP contribution in [0.25, 0.3) is 10.9 Å². The molecular weight excluding hydrogens is 556 g/mol. The first kappa shape index (κ1) is 27.3. The number of benzene rings is 2. The summed E-state index contributed by atoms with van der Waals surface area (Å²) in [6, 6.07) is 17.6. The van der Waals surface area contributed by atoms with Crippen molar-refractivity contribution < 1.29 is 22.8 Å². The first-order valence-electron chi connectivity index (χ1n) is 12.4. The van der Waals surface area contributed by atoms with Crippen molar-refractivity contribution >= 4 is 55.9 Å². The van der Waals surface area contributed by atoms with Crippen molar-refractivity contribution in [2.45, 2.75) is 36.1 Å². The Balaban J connectivity index is 1.36. The molecular formula is C27H25ClN6O5S. The van der Waals surface area contributed by atoms with Gasteiger partial charge in [-0.25, -0.2) is 13.4 Å². The summed E-state index contributed by atoms with van der Waals surface area (Å²) in [5.74, 6) is -1.63. The van der Waals surface area contributed by atoms with Crippen molar-refractivity contribution in [1.29, 1.82) is 0 Å². The highest BCUT2D eigenvalue weighted by molar-refractivity contribution is 7.90. The predicted molar refractivity (Wildman–Crippen MR) is 148 cm³/mol. The van der Waals surface area contributed by atoms with Gasteiger partial charge < -0.3 is 16.0 Å². The number of nitrogens with one attached hydrogen (secondary N) is 1. The van der Waals surface area contributed by atoms with Crippen LogP contribution >= 0.6 is 11.6 Å². The third-order valence-electron chi connectivity index (χ3n) is 6.40. The number of rotatable bonds is 10. The van der Waals surface area contributed by atoms with E-state index in [-0.39, 0.29) is 52.4 Å². The molecule has 0 atom stereocenters. The van der Waals surface area contributed by atoms with E-state index in [0.29, 0.717) is 16.5 Å². The Kier molecular flexibility index (Phi) is 7.55. The highest BCUT2D eigenvalue weighted by atomic mass is 35.5. The van der Waals surface area contributed by atoms with Crippen LogP contribution in [0.3, 0.4) is 0 Å². The van der Waals surface area contributed by atoms with Crippen LogP contribution in [0.4, 0.5) is 5.82 Å². The Morgan fingerprint density at radius 2 is 1.80 bits per heavy atom. The average molecular weight is 581 g/mol. The van der Waals surface area contributed by atoms with E-state index in [9.17, 15) is 22.8 Å². The quantitative estimate of drug-likeness (QED) is 0.273. The number of pyridine rings is 1. The predicted octanol–water partition coefficient (Wildman–Crippen LogP) is 2.79. The number of carbonyl (C=O) groups is 3. The van der Waals surface area contributed by atoms with Gasteiger partial charge in [-0.1, -0.05) is 41.9 Å². The second kappa shape index (κ2) is 11.1. The molecule has 3 N–H and O–H groups in total. The number of fused-ring (bicyclic) bond motifs is 1. The third kappa shape index (κ3) is 6.13. The minimum absolute atomic E-state index is 0.0792. The van der Waals surface area contributed by atoms with Crippen LogP contribution in [-0.2, 0) is 31.7 Å². The molecule has 2 aromatic heterocycles. The van der Waals surface area contributed by atoms with Gasteiger partial charge in [-0.05, 0) is 54.8 Å². The van der Waals surface area contributed by atoms with E-state index in [1.54, 1.807) is 54.6 Å². The zero-order valence-corrected chi connectivity index (χ0v) is 22.7. The van der Waals surface area contributed by atoms with Crippen molar-refractivity contribution in [3.8, 4) is 0 Å². The van der Waals surface area contributed by atoms with Crippen LogP contribution in [0.15, 0.2) is 71.6 Å². The fourth-order valence-corrected chi connectivity index (χ4v) is 5.91. The molecule has 2 aromatic carbocycles. The lowest BCUT2D eigenvalue weighted by atomic mass is 10.1. The molecule has 0 saturated heterocycles. The van der Waals surface area contributed by atoms with Crippen LogP contribution in [0.2, 0.25) is 5.15 Å². The van der Waals surface area contributed by atoms with Gasteiger partial charge in [0.05, 0.1) is 16.2 Å². The second-order valence-electron chi connectivity index (χ2n) is 9.44. The molecule has 0 spiro atoms. The molecule has 0 radical (unpaired) electrons. The summed E-state index contributed by atoms with van der Waals surface area (Å²) in [5, 5.41) is 7.47. The van der Waals surface area contributed by atoms with Crippen LogP contribution in [0.5, 0.6) is 0 Å². The van der Waals surface area contributed by atoms with Crippen LogP contribution in [-0.4, -0.2) is 58.4 Å². The Labute approximate surface area is 234 Å². The number of hydrogen-bond donors (Lipinski definition) is 2. The largest absolute Gasteiger partial charge is 0.364 e. The Morgan fingerprint density at radius 1 is 1.05 bits per heavy atom. The molecule has 1 saturated carbocycles. The summed E-state index contributed by atoms with van der Waals surface area (Å²) in [5.41, 5.74) is 6.36. The van der Waals surface area contributed by atoms with Crippen molar-refractivity contribution in [2.75, 3.05) is 11.9 Å². The first-order chi connectivity index (χ1) is 19.1. The molecule has 40 heavy (non-hydrogen) atoms. The van der Waals surface area contributed by atoms with Gasteiger partial charge in [-0.2, -0.15) is 5.10 Å². The molecule has 3 amide bonds. The minimum Gasteiger partial charge on any atom is -0.364 e. The summed E-state index contributed by atoms with van der Waals surface area (Å²) in [7, 11) is -3.63. The topological polar surface area (TPSA) is 157 Å². The molecule has 206 valence electrons. The SMILES string of the molecule is NC(=O)c1nn(CC(=O)N(CC(=O)Nc2cccc(Cl)n2)C2CC2)c2ccc(CS(=O)(=O)c3ccccc3)cc12. The number of anilines is 1. The summed E-state index contributed by atoms with van der Waals surface area (Å²) >= 11 is 5.88. The number of aromatic nitrogens is 3. The van der Waals surface area contributed by atoms with Crippen molar-refractivity contribution in [3.05, 3.63) is 83.1 Å². The van der Waals surface area contributed by atoms with E-state index in [2.05, 4.69) is 15.4 Å². The van der Waals surface area contributed by atoms with Gasteiger partial charge in [0.1, 0.15) is 24.1 Å². The normalized spacial score (nSPS) is 13.2. The van der Waals surface area contributed by atoms with Crippen LogP contribution in [0.1, 0.15) is 28.9 Å². The molecule has 4 aromatic rings. The lowest BCUT2D eigenvalue weighted by Crippen LogP contribution is -2.41. The molecule has 0 bridgehead atoms. The number of hydrogen-bond acceptors (Lipinski definition) is 7. The average Bonchev–Trinajstić information content (AvgIpc) is 3.69. The minimum atomic E-state index is -3.63. The summed E-state index contributed by atoms with van der Waals surface area (Å²) in [6.07, 6.45) is 1.53. The molecule has 1 fully saturated rings. The molecule has 1 aliphatic carbocycles. The van der Waals surface area contributed by atoms with Crippen molar-refractivity contribution in [1.82, 2.24) is 19.7 Å². The zero-order chi connectivity index (χ0) is 28.4. The summed E-state index contributed by atoms with van der Waals surface area (Å²) in [4.78, 5) is 43.9. The molecule has 0 aliphatic heterocycles. The molecule has 13 heteroatoms. The maximum absolute atomic E-state index is 13.3. The van der Waals surface area contributed by atoms with Crippen LogP contribution in [0, 0.1) is 0 Å². The van der Waals surface area contributed by atoms with Gasteiger partial charge in [-0.3, -0.25) is 19.1 Å². The Morgan fingerprint density at radius 3 is 2.48 bits per heavy atom. The number of carbonyl (C=O) groups excluding carboxylic acids is 3. The number of sulfone groups is 1. The van der Waals surface area contributed by atoms with Crippen LogP contribution < -0.4 is 11.1 Å². The van der Waals surface area contributed by atoms with Gasteiger partial charge in [0.25, 0.3) is 5.91 Å². The Bertz CT molecular complexity index is 1720. The molecule has 11 nitrogen and oxygen atoms in total. The number of halogens is 1. The molecule has 0 unspecified atom stereocenters. The molecule has 2 heterocycles. The number of nitrogens with zero attached hydrogens (tertiary/aromatic N) is 4. The monoisotopic (exact) mass is 580 g/mol. The van der Waals surface area contributed by atoms with Gasteiger partial charge in [0.2, 0.25) is 11.8 Å². The number of primary amides is 1. The van der Waals surface area contributed by atoms with Gasteiger partial charge in [0, 0.05) is 11.4 Å². The number of nitrogens with two attached hydrogens (primary N) is 1. The summed E-state index contributed by atoms with van der Waals surface area (Å²) in [6.45, 7) is -0.439. The van der Waals surface area contributed by atoms with E-state index in [4.69, 9.17) is 17.3 Å². The zero-order valence-electron chi connectivity index (χ0n) is 21.2. The van der Waals surface area contributed by atoms with E-state index in [1.165, 1.54) is 21.7 Å². The third-order valence-corrected chi connectivity index (χ3v) is 8.31. The van der Waals surface area contributed by atoms with Crippen molar-refractivity contribution in [2.24, 2.45) is 5.73 Å². The van der Waals surface area contributed by atoms with E-state index in [0.717, 1.165) is 12.8 Å². The molecule has 5 rings (SSSR count). The van der Waals surface area contributed by atoms with Crippen molar-refractivity contribution in [3.63, 3.8) is 0 Å². The highest BCUT2D eigenvalue weighted by Gasteiger charge is 2.34. The smallest absolute Gasteiger partial charge is 0.269 e. The molecule has 1 aliphatic rings. The maximum atomic E-state index is 13.3. The van der Waals surface area contributed by atoms with E-state index < -0.39 is 21.7 Å². The fourth-order valence-electron chi connectivity index (χ4n) is 4.39. The second-order valence-corrected chi connectivity index (χ2v) is 11.8. The van der Waals surface area contributed by atoms with E-state index in [1.807, 2.05) is 0 Å². The van der Waals surface area contributed by atoms with Gasteiger partial charge in [-0.15, -0.1) is 0 Å². The fraction of sp³-hybridized carbons (Fsp3) is 0.222. The standard InChI is InChI=1S/C27H25ClN6O5S/c28-22-7-4-8-23(30-22)31-24(35)14-33(18-10-11-18)25(36)15-34-21-12-9-17(13-20(21)26(32-34)27(29)37)16-40(38,39)19-5-2-1-3-6-19/h1-9,12-13,18H,10-11,14-16H2,(H2,29,37)(H,30,31,35). The highest BCUT2D eigenvalue weighted by Crippen LogP contribution is 2.28.